The molecule has 1 saturated heterocycles. The van der Waals surface area contributed by atoms with Crippen molar-refractivity contribution in [3.63, 3.8) is 0 Å². The standard InChI is InChI=1S/C29H29NO11/c1-5-35-28(34)24-11-18(32)26-20(7-6-8-21(26)40-24)36-13-17(31)14-37-22-9-16(30(3)4)10-23-27(22)19(33)12-25(41-23)29-38-15(2)39-29/h6-12,15,17,29,31H,5,13-14H2,1-4H3. The molecule has 0 saturated carbocycles. The van der Waals surface area contributed by atoms with Gasteiger partial charge < -0.3 is 42.5 Å². The van der Waals surface area contributed by atoms with Gasteiger partial charge in [0, 0.05) is 44.0 Å². The molecule has 2 aromatic carbocycles. The van der Waals surface area contributed by atoms with Gasteiger partial charge in [0.2, 0.25) is 12.1 Å². The molecule has 0 aliphatic carbocycles. The number of esters is 1. The summed E-state index contributed by atoms with van der Waals surface area (Å²) in [7, 11) is 3.65. The predicted octanol–water partition coefficient (Wildman–Crippen LogP) is 3.35. The molecule has 12 nitrogen and oxygen atoms in total. The molecule has 0 bridgehead atoms. The largest absolute Gasteiger partial charge is 0.490 e. The summed E-state index contributed by atoms with van der Waals surface area (Å²) in [6, 6.07) is 10.4. The number of rotatable bonds is 10. The van der Waals surface area contributed by atoms with Crippen LogP contribution in [0.2, 0.25) is 0 Å². The van der Waals surface area contributed by atoms with E-state index in [0.29, 0.717) is 5.69 Å². The number of ether oxygens (including phenoxy) is 5. The number of nitrogens with zero attached hydrogens (tertiary/aromatic N) is 1. The van der Waals surface area contributed by atoms with Crippen molar-refractivity contribution in [1.82, 2.24) is 0 Å². The second-order valence-corrected chi connectivity index (χ2v) is 9.50. The first kappa shape index (κ1) is 28.1. The van der Waals surface area contributed by atoms with Crippen LogP contribution >= 0.6 is 0 Å². The second-order valence-electron chi connectivity index (χ2n) is 9.50. The first-order chi connectivity index (χ1) is 19.6. The highest BCUT2D eigenvalue weighted by molar-refractivity contribution is 5.90. The van der Waals surface area contributed by atoms with Crippen LogP contribution in [0, 0.1) is 0 Å². The number of hydrogen-bond acceptors (Lipinski definition) is 12. The molecule has 0 radical (unpaired) electrons. The van der Waals surface area contributed by atoms with Crippen LogP contribution in [0.4, 0.5) is 5.69 Å². The van der Waals surface area contributed by atoms with Crippen LogP contribution in [-0.2, 0) is 14.2 Å². The van der Waals surface area contributed by atoms with Gasteiger partial charge in [0.1, 0.15) is 52.8 Å². The van der Waals surface area contributed by atoms with Gasteiger partial charge in [-0.3, -0.25) is 9.59 Å². The van der Waals surface area contributed by atoms with Gasteiger partial charge in [-0.15, -0.1) is 0 Å². The third-order valence-electron chi connectivity index (χ3n) is 6.23. The smallest absolute Gasteiger partial charge is 0.374 e. The van der Waals surface area contributed by atoms with E-state index >= 15 is 0 Å². The van der Waals surface area contributed by atoms with Crippen LogP contribution in [0.3, 0.4) is 0 Å². The van der Waals surface area contributed by atoms with Crippen molar-refractivity contribution in [1.29, 1.82) is 0 Å². The van der Waals surface area contributed by atoms with Gasteiger partial charge >= 0.3 is 5.97 Å². The van der Waals surface area contributed by atoms with E-state index in [2.05, 4.69) is 0 Å². The molecule has 5 rings (SSSR count). The Balaban J connectivity index is 1.33. The SMILES string of the molecule is CCOC(=O)c1cc(=O)c2c(OCC(O)COc3cc(N(C)C)cc4oc(C5OC(C)O5)cc(=O)c34)cccc2o1. The first-order valence-electron chi connectivity index (χ1n) is 12.9. The Morgan fingerprint density at radius 1 is 0.951 bits per heavy atom. The Morgan fingerprint density at radius 3 is 2.32 bits per heavy atom. The van der Waals surface area contributed by atoms with Gasteiger partial charge in [-0.2, -0.15) is 0 Å². The van der Waals surface area contributed by atoms with Crippen molar-refractivity contribution < 1.29 is 42.4 Å². The van der Waals surface area contributed by atoms with Gasteiger partial charge in [-0.05, 0) is 26.0 Å². The number of carbonyl (C=O) groups excluding carboxylic acids is 1. The molecule has 1 unspecified atom stereocenters. The van der Waals surface area contributed by atoms with Crippen molar-refractivity contribution in [2.45, 2.75) is 32.5 Å². The third-order valence-corrected chi connectivity index (χ3v) is 6.23. The molecule has 2 aromatic heterocycles. The van der Waals surface area contributed by atoms with Crippen LogP contribution in [0.25, 0.3) is 21.9 Å². The quantitative estimate of drug-likeness (QED) is 0.280. The zero-order valence-electron chi connectivity index (χ0n) is 22.9. The summed E-state index contributed by atoms with van der Waals surface area (Å²) in [5.74, 6) is -0.355. The Labute approximate surface area is 233 Å². The number of hydrogen-bond donors (Lipinski definition) is 1. The van der Waals surface area contributed by atoms with E-state index in [1.165, 1.54) is 12.1 Å². The van der Waals surface area contributed by atoms with E-state index in [-0.39, 0.29) is 76.5 Å². The third kappa shape index (κ3) is 5.89. The zero-order chi connectivity index (χ0) is 29.3. The Hall–Kier alpha value is -4.39. The van der Waals surface area contributed by atoms with Crippen molar-refractivity contribution in [3.8, 4) is 11.5 Å². The number of fused-ring (bicyclic) bond motifs is 2. The van der Waals surface area contributed by atoms with Gasteiger partial charge in [0.25, 0.3) is 0 Å². The summed E-state index contributed by atoms with van der Waals surface area (Å²) in [5.41, 5.74) is 0.251. The topological polar surface area (TPSA) is 147 Å². The number of carbonyl (C=O) groups is 1. The molecular formula is C29H29NO11. The van der Waals surface area contributed by atoms with Crippen molar-refractivity contribution in [3.05, 3.63) is 74.4 Å². The molecule has 1 N–H and O–H groups in total. The monoisotopic (exact) mass is 567 g/mol. The zero-order valence-corrected chi connectivity index (χ0v) is 22.9. The molecule has 0 amide bonds. The summed E-state index contributed by atoms with van der Waals surface area (Å²) >= 11 is 0. The molecule has 1 aliphatic heterocycles. The number of aliphatic hydroxyl groups excluding tert-OH is 1. The molecule has 4 aromatic rings. The molecule has 0 spiro atoms. The summed E-state index contributed by atoms with van der Waals surface area (Å²) in [4.78, 5) is 39.6. The Bertz CT molecular complexity index is 1700. The van der Waals surface area contributed by atoms with Crippen molar-refractivity contribution in [2.75, 3.05) is 38.8 Å². The first-order valence-corrected chi connectivity index (χ1v) is 12.9. The van der Waals surface area contributed by atoms with Gasteiger partial charge in [-0.25, -0.2) is 4.79 Å². The molecule has 41 heavy (non-hydrogen) atoms. The molecule has 12 heteroatoms. The lowest BCUT2D eigenvalue weighted by atomic mass is 10.1. The molecule has 1 fully saturated rings. The van der Waals surface area contributed by atoms with Crippen LogP contribution in [0.1, 0.15) is 36.5 Å². The average Bonchev–Trinajstić information content (AvgIpc) is 2.92. The lowest BCUT2D eigenvalue weighted by molar-refractivity contribution is -0.387. The molecule has 216 valence electrons. The van der Waals surface area contributed by atoms with Crippen molar-refractivity contribution in [2.24, 2.45) is 0 Å². The van der Waals surface area contributed by atoms with Crippen LogP contribution in [0.5, 0.6) is 11.5 Å². The maximum Gasteiger partial charge on any atom is 0.374 e. The van der Waals surface area contributed by atoms with E-state index < -0.39 is 23.8 Å². The number of benzene rings is 2. The van der Waals surface area contributed by atoms with Gasteiger partial charge in [-0.1, -0.05) is 6.07 Å². The number of anilines is 1. The minimum absolute atomic E-state index is 0.112. The highest BCUT2D eigenvalue weighted by Gasteiger charge is 2.31. The molecule has 3 heterocycles. The fourth-order valence-corrected chi connectivity index (χ4v) is 4.26. The maximum atomic E-state index is 13.0. The summed E-state index contributed by atoms with van der Waals surface area (Å²) in [6.07, 6.45) is -2.29. The van der Waals surface area contributed by atoms with E-state index in [4.69, 9.17) is 32.5 Å². The van der Waals surface area contributed by atoms with Gasteiger partial charge in [0.05, 0.1) is 6.61 Å². The fraction of sp³-hybridized carbons (Fsp3) is 0.345. The van der Waals surface area contributed by atoms with E-state index in [9.17, 15) is 19.5 Å². The molecular weight excluding hydrogens is 538 g/mol. The summed E-state index contributed by atoms with van der Waals surface area (Å²) in [5, 5.41) is 10.9. The minimum atomic E-state index is -1.14. The second kappa shape index (κ2) is 11.6. The maximum absolute atomic E-state index is 13.0. The summed E-state index contributed by atoms with van der Waals surface area (Å²) < 4.78 is 38.8. The van der Waals surface area contributed by atoms with Crippen LogP contribution in [0.15, 0.2) is 60.9 Å². The summed E-state index contributed by atoms with van der Waals surface area (Å²) in [6.45, 7) is 3.04. The lowest BCUT2D eigenvalue weighted by Crippen LogP contribution is -2.32. The number of aliphatic hydroxyl groups is 1. The minimum Gasteiger partial charge on any atom is -0.490 e. The Kier molecular flexibility index (Phi) is 7.97. The Morgan fingerprint density at radius 2 is 1.63 bits per heavy atom. The van der Waals surface area contributed by atoms with E-state index in [1.807, 2.05) is 19.0 Å². The van der Waals surface area contributed by atoms with Crippen LogP contribution in [-0.4, -0.2) is 57.4 Å². The van der Waals surface area contributed by atoms with Crippen LogP contribution < -0.4 is 25.2 Å². The highest BCUT2D eigenvalue weighted by atomic mass is 16.9. The average molecular weight is 568 g/mol. The molecule has 1 atom stereocenters. The lowest BCUT2D eigenvalue weighted by Gasteiger charge is -2.32. The highest BCUT2D eigenvalue weighted by Crippen LogP contribution is 2.35. The van der Waals surface area contributed by atoms with E-state index in [0.717, 1.165) is 6.07 Å². The molecule has 1 aliphatic rings. The normalized spacial score (nSPS) is 17.2. The fourth-order valence-electron chi connectivity index (χ4n) is 4.26. The van der Waals surface area contributed by atoms with Gasteiger partial charge in [0.15, 0.2) is 22.9 Å². The van der Waals surface area contributed by atoms with E-state index in [1.54, 1.807) is 38.1 Å². The predicted molar refractivity (Wildman–Crippen MR) is 147 cm³/mol. The van der Waals surface area contributed by atoms with Crippen molar-refractivity contribution >= 4 is 33.6 Å².